The maximum absolute atomic E-state index is 13.9. The number of carboxylic acids is 1. The molecule has 0 saturated carbocycles. The molecule has 2 aromatic carbocycles. The molecule has 0 spiro atoms. The number of aromatic carboxylic acids is 1. The second-order valence-electron chi connectivity index (χ2n) is 4.15. The SMILES string of the molecule is O=C(O)c1cc(-c2ccccc2F)c2sccc2c1. The maximum Gasteiger partial charge on any atom is 0.335 e. The number of carboxylic acid groups (broad SMARTS) is 1. The smallest absolute Gasteiger partial charge is 0.335 e. The summed E-state index contributed by atoms with van der Waals surface area (Å²) in [7, 11) is 0. The average molecular weight is 272 g/mol. The van der Waals surface area contributed by atoms with Gasteiger partial charge in [0, 0.05) is 15.8 Å². The van der Waals surface area contributed by atoms with Gasteiger partial charge in [0.25, 0.3) is 0 Å². The van der Waals surface area contributed by atoms with Crippen LogP contribution >= 0.6 is 11.3 Å². The van der Waals surface area contributed by atoms with Crippen molar-refractivity contribution in [2.24, 2.45) is 0 Å². The molecule has 94 valence electrons. The quantitative estimate of drug-likeness (QED) is 0.750. The second-order valence-corrected chi connectivity index (χ2v) is 5.06. The lowest BCUT2D eigenvalue weighted by Crippen LogP contribution is -1.96. The van der Waals surface area contributed by atoms with Crippen molar-refractivity contribution >= 4 is 27.4 Å². The van der Waals surface area contributed by atoms with Gasteiger partial charge in [-0.25, -0.2) is 9.18 Å². The van der Waals surface area contributed by atoms with E-state index in [2.05, 4.69) is 0 Å². The lowest BCUT2D eigenvalue weighted by atomic mass is 10.0. The predicted octanol–water partition coefficient (Wildman–Crippen LogP) is 4.41. The summed E-state index contributed by atoms with van der Waals surface area (Å²) in [6.07, 6.45) is 0. The first-order chi connectivity index (χ1) is 9.16. The maximum atomic E-state index is 13.9. The molecule has 0 saturated heterocycles. The minimum Gasteiger partial charge on any atom is -0.478 e. The van der Waals surface area contributed by atoms with Crippen LogP contribution in [0.4, 0.5) is 4.39 Å². The first kappa shape index (κ1) is 11.9. The fourth-order valence-electron chi connectivity index (χ4n) is 2.09. The zero-order valence-electron chi connectivity index (χ0n) is 9.76. The molecule has 0 unspecified atom stereocenters. The van der Waals surface area contributed by atoms with Crippen molar-refractivity contribution < 1.29 is 14.3 Å². The normalized spacial score (nSPS) is 10.8. The lowest BCUT2D eigenvalue weighted by molar-refractivity contribution is 0.0697. The summed E-state index contributed by atoms with van der Waals surface area (Å²) >= 11 is 1.48. The van der Waals surface area contributed by atoms with E-state index in [1.165, 1.54) is 23.5 Å². The molecule has 0 aliphatic carbocycles. The zero-order chi connectivity index (χ0) is 13.4. The molecule has 0 aliphatic rings. The summed E-state index contributed by atoms with van der Waals surface area (Å²) in [5.41, 5.74) is 1.23. The first-order valence-corrected chi connectivity index (χ1v) is 6.54. The average Bonchev–Trinajstić information content (AvgIpc) is 2.86. The van der Waals surface area contributed by atoms with Gasteiger partial charge in [0.15, 0.2) is 0 Å². The van der Waals surface area contributed by atoms with Crippen LogP contribution in [0, 0.1) is 5.82 Å². The van der Waals surface area contributed by atoms with Crippen LogP contribution in [0.1, 0.15) is 10.4 Å². The summed E-state index contributed by atoms with van der Waals surface area (Å²) in [5.74, 6) is -1.36. The van der Waals surface area contributed by atoms with Crippen LogP contribution in [0.3, 0.4) is 0 Å². The summed E-state index contributed by atoms with van der Waals surface area (Å²) in [6.45, 7) is 0. The fourth-order valence-corrected chi connectivity index (χ4v) is 2.99. The molecule has 0 radical (unpaired) electrons. The lowest BCUT2D eigenvalue weighted by Gasteiger charge is -2.06. The summed E-state index contributed by atoms with van der Waals surface area (Å²) in [5, 5.41) is 11.8. The van der Waals surface area contributed by atoms with Gasteiger partial charge in [0.1, 0.15) is 5.82 Å². The van der Waals surface area contributed by atoms with Gasteiger partial charge in [-0.3, -0.25) is 0 Å². The van der Waals surface area contributed by atoms with Gasteiger partial charge < -0.3 is 5.11 Å². The van der Waals surface area contributed by atoms with Crippen molar-refractivity contribution in [3.63, 3.8) is 0 Å². The number of hydrogen-bond acceptors (Lipinski definition) is 2. The molecule has 0 bridgehead atoms. The molecule has 0 amide bonds. The summed E-state index contributed by atoms with van der Waals surface area (Å²) in [4.78, 5) is 11.1. The molecule has 3 rings (SSSR count). The van der Waals surface area contributed by atoms with Crippen LogP contribution in [0.2, 0.25) is 0 Å². The van der Waals surface area contributed by atoms with E-state index in [0.29, 0.717) is 11.1 Å². The Labute approximate surface area is 112 Å². The zero-order valence-corrected chi connectivity index (χ0v) is 10.6. The van der Waals surface area contributed by atoms with Crippen molar-refractivity contribution in [3.05, 3.63) is 59.2 Å². The van der Waals surface area contributed by atoms with Gasteiger partial charge in [-0.2, -0.15) is 0 Å². The number of benzene rings is 2. The molecule has 0 aliphatic heterocycles. The standard InChI is InChI=1S/C15H9FO2S/c16-13-4-2-1-3-11(13)12-8-10(15(17)18)7-9-5-6-19-14(9)12/h1-8H,(H,17,18). The van der Waals surface area contributed by atoms with E-state index in [4.69, 9.17) is 5.11 Å². The van der Waals surface area contributed by atoms with E-state index in [1.807, 2.05) is 11.4 Å². The number of fused-ring (bicyclic) bond motifs is 1. The molecule has 1 aromatic heterocycles. The second kappa shape index (κ2) is 4.48. The van der Waals surface area contributed by atoms with Crippen molar-refractivity contribution in [1.82, 2.24) is 0 Å². The van der Waals surface area contributed by atoms with Crippen LogP contribution in [-0.2, 0) is 0 Å². The van der Waals surface area contributed by atoms with E-state index in [9.17, 15) is 9.18 Å². The molecule has 19 heavy (non-hydrogen) atoms. The fraction of sp³-hybridized carbons (Fsp3) is 0. The third-order valence-electron chi connectivity index (χ3n) is 2.96. The number of thiophene rings is 1. The van der Waals surface area contributed by atoms with Gasteiger partial charge in [-0.15, -0.1) is 11.3 Å². The molecule has 0 atom stereocenters. The van der Waals surface area contributed by atoms with Crippen LogP contribution in [0.5, 0.6) is 0 Å². The summed E-state index contributed by atoms with van der Waals surface area (Å²) in [6, 6.07) is 11.4. The number of halogens is 1. The van der Waals surface area contributed by atoms with Gasteiger partial charge >= 0.3 is 5.97 Å². The Morgan fingerprint density at radius 1 is 1.11 bits per heavy atom. The molecule has 4 heteroatoms. The van der Waals surface area contributed by atoms with Gasteiger partial charge in [-0.1, -0.05) is 18.2 Å². The molecule has 0 fully saturated rings. The molecular formula is C15H9FO2S. The highest BCUT2D eigenvalue weighted by atomic mass is 32.1. The summed E-state index contributed by atoms with van der Waals surface area (Å²) < 4.78 is 14.8. The van der Waals surface area contributed by atoms with Crippen molar-refractivity contribution in [2.45, 2.75) is 0 Å². The Hall–Kier alpha value is -2.20. The Morgan fingerprint density at radius 2 is 1.89 bits per heavy atom. The van der Waals surface area contributed by atoms with E-state index >= 15 is 0 Å². The van der Waals surface area contributed by atoms with Gasteiger partial charge in [0.05, 0.1) is 5.56 Å². The Bertz CT molecular complexity index is 777. The highest BCUT2D eigenvalue weighted by molar-refractivity contribution is 7.17. The molecule has 1 heterocycles. The van der Waals surface area contributed by atoms with E-state index in [0.717, 1.165) is 10.1 Å². The molecule has 2 nitrogen and oxygen atoms in total. The van der Waals surface area contributed by atoms with Crippen molar-refractivity contribution in [1.29, 1.82) is 0 Å². The number of carbonyl (C=O) groups is 1. The van der Waals surface area contributed by atoms with E-state index in [1.54, 1.807) is 24.3 Å². The third-order valence-corrected chi connectivity index (χ3v) is 3.93. The largest absolute Gasteiger partial charge is 0.478 e. The van der Waals surface area contributed by atoms with Crippen LogP contribution in [-0.4, -0.2) is 11.1 Å². The Kier molecular flexibility index (Phi) is 2.80. The molecular weight excluding hydrogens is 263 g/mol. The topological polar surface area (TPSA) is 37.3 Å². The number of hydrogen-bond donors (Lipinski definition) is 1. The minimum absolute atomic E-state index is 0.171. The molecule has 3 aromatic rings. The highest BCUT2D eigenvalue weighted by Gasteiger charge is 2.13. The Morgan fingerprint density at radius 3 is 2.63 bits per heavy atom. The monoisotopic (exact) mass is 272 g/mol. The Balaban J connectivity index is 2.36. The first-order valence-electron chi connectivity index (χ1n) is 5.66. The van der Waals surface area contributed by atoms with E-state index in [-0.39, 0.29) is 11.4 Å². The number of rotatable bonds is 2. The predicted molar refractivity (Wildman–Crippen MR) is 74.2 cm³/mol. The van der Waals surface area contributed by atoms with Crippen LogP contribution in [0.15, 0.2) is 47.8 Å². The highest BCUT2D eigenvalue weighted by Crippen LogP contribution is 2.35. The van der Waals surface area contributed by atoms with Crippen molar-refractivity contribution in [2.75, 3.05) is 0 Å². The third kappa shape index (κ3) is 2.00. The van der Waals surface area contributed by atoms with Crippen molar-refractivity contribution in [3.8, 4) is 11.1 Å². The van der Waals surface area contributed by atoms with E-state index < -0.39 is 5.97 Å². The van der Waals surface area contributed by atoms with Crippen LogP contribution < -0.4 is 0 Å². The van der Waals surface area contributed by atoms with Gasteiger partial charge in [0.2, 0.25) is 0 Å². The van der Waals surface area contributed by atoms with Crippen LogP contribution in [0.25, 0.3) is 21.2 Å². The minimum atomic E-state index is -1.01. The molecule has 1 N–H and O–H groups in total. The van der Waals surface area contributed by atoms with Gasteiger partial charge in [-0.05, 0) is 35.0 Å².